The Morgan fingerprint density at radius 3 is 2.00 bits per heavy atom. The summed E-state index contributed by atoms with van der Waals surface area (Å²) >= 11 is 0. The van der Waals surface area contributed by atoms with E-state index in [1.165, 1.54) is 0 Å². The second-order valence-corrected chi connectivity index (χ2v) is 6.36. The lowest BCUT2D eigenvalue weighted by molar-refractivity contribution is -0.136. The van der Waals surface area contributed by atoms with Gasteiger partial charge in [0.25, 0.3) is 0 Å². The normalized spacial score (nSPS) is 10.2. The van der Waals surface area contributed by atoms with Crippen molar-refractivity contribution in [2.24, 2.45) is 0 Å². The summed E-state index contributed by atoms with van der Waals surface area (Å²) < 4.78 is 0. The van der Waals surface area contributed by atoms with Crippen molar-refractivity contribution in [3.63, 3.8) is 0 Å². The van der Waals surface area contributed by atoms with Gasteiger partial charge in [-0.2, -0.15) is 0 Å². The van der Waals surface area contributed by atoms with Crippen LogP contribution in [0.2, 0.25) is 0 Å². The molecule has 0 aliphatic carbocycles. The topological polar surface area (TPSA) is 87.3 Å². The Kier molecular flexibility index (Phi) is 6.11. The number of carbonyl (C=O) groups excluding carboxylic acids is 3. The lowest BCUT2D eigenvalue weighted by atomic mass is 10.1. The maximum Gasteiger partial charge on any atom is 0.313 e. The molecule has 2 aromatic rings. The Bertz CT molecular complexity index is 839. The van der Waals surface area contributed by atoms with Gasteiger partial charge in [0.2, 0.25) is 5.91 Å². The molecule has 0 bridgehead atoms. The first-order chi connectivity index (χ1) is 12.2. The fraction of sp³-hybridized carbons (Fsp3) is 0.250. The Labute approximate surface area is 153 Å². The summed E-state index contributed by atoms with van der Waals surface area (Å²) in [7, 11) is 0. The van der Waals surface area contributed by atoms with Crippen LogP contribution in [0.15, 0.2) is 36.4 Å². The van der Waals surface area contributed by atoms with Crippen LogP contribution in [0.5, 0.6) is 0 Å². The van der Waals surface area contributed by atoms with Crippen LogP contribution >= 0.6 is 0 Å². The van der Waals surface area contributed by atoms with E-state index in [4.69, 9.17) is 0 Å². The minimum atomic E-state index is -0.862. The van der Waals surface area contributed by atoms with Crippen molar-refractivity contribution >= 4 is 29.1 Å². The molecule has 0 fully saturated rings. The Balaban J connectivity index is 1.85. The van der Waals surface area contributed by atoms with Crippen molar-refractivity contribution in [1.82, 2.24) is 5.32 Å². The van der Waals surface area contributed by atoms with E-state index in [2.05, 4.69) is 16.0 Å². The highest BCUT2D eigenvalue weighted by molar-refractivity contribution is 6.39. The average molecular weight is 353 g/mol. The van der Waals surface area contributed by atoms with E-state index in [1.54, 1.807) is 18.2 Å². The first-order valence-electron chi connectivity index (χ1n) is 8.29. The number of nitrogens with one attached hydrogen (secondary N) is 3. The molecular weight excluding hydrogens is 330 g/mol. The average Bonchev–Trinajstić information content (AvgIpc) is 2.55. The molecule has 0 spiro atoms. The van der Waals surface area contributed by atoms with Gasteiger partial charge in [-0.3, -0.25) is 14.4 Å². The predicted octanol–water partition coefficient (Wildman–Crippen LogP) is 2.61. The first kappa shape index (κ1) is 19.2. The highest BCUT2D eigenvalue weighted by Gasteiger charge is 2.15. The SMILES string of the molecule is Cc1cc(C)cc(NC(=O)C(=O)NCC(=O)Nc2ccc(C)c(C)c2)c1. The van der Waals surface area contributed by atoms with E-state index in [0.717, 1.165) is 22.3 Å². The van der Waals surface area contributed by atoms with Crippen molar-refractivity contribution in [3.05, 3.63) is 58.7 Å². The molecule has 0 radical (unpaired) electrons. The molecule has 26 heavy (non-hydrogen) atoms. The molecule has 2 rings (SSSR count). The molecule has 136 valence electrons. The van der Waals surface area contributed by atoms with Gasteiger partial charge in [0.15, 0.2) is 0 Å². The van der Waals surface area contributed by atoms with Crippen LogP contribution in [-0.4, -0.2) is 24.3 Å². The minimum absolute atomic E-state index is 0.286. The standard InChI is InChI=1S/C20H23N3O3/c1-12-7-13(2)9-17(8-12)23-20(26)19(25)21-11-18(24)22-16-6-5-14(3)15(4)10-16/h5-10H,11H2,1-4H3,(H,21,25)(H,22,24)(H,23,26). The molecule has 3 N–H and O–H groups in total. The molecule has 0 aliphatic rings. The van der Waals surface area contributed by atoms with E-state index < -0.39 is 17.7 Å². The van der Waals surface area contributed by atoms with Crippen molar-refractivity contribution in [2.75, 3.05) is 17.2 Å². The number of carbonyl (C=O) groups is 3. The lowest BCUT2D eigenvalue weighted by Crippen LogP contribution is -2.39. The summed E-state index contributed by atoms with van der Waals surface area (Å²) in [4.78, 5) is 35.7. The molecule has 6 heteroatoms. The fourth-order valence-electron chi connectivity index (χ4n) is 2.50. The highest BCUT2D eigenvalue weighted by Crippen LogP contribution is 2.14. The molecule has 0 saturated heterocycles. The zero-order chi connectivity index (χ0) is 19.3. The number of hydrogen-bond donors (Lipinski definition) is 3. The monoisotopic (exact) mass is 353 g/mol. The third kappa shape index (κ3) is 5.44. The summed E-state index contributed by atoms with van der Waals surface area (Å²) in [6.07, 6.45) is 0. The largest absolute Gasteiger partial charge is 0.339 e. The maximum atomic E-state index is 11.9. The second kappa shape index (κ2) is 8.29. The van der Waals surface area contributed by atoms with Gasteiger partial charge >= 0.3 is 11.8 Å². The quantitative estimate of drug-likeness (QED) is 0.739. The highest BCUT2D eigenvalue weighted by atomic mass is 16.2. The van der Waals surface area contributed by atoms with Crippen molar-refractivity contribution in [1.29, 1.82) is 0 Å². The number of anilines is 2. The third-order valence-corrected chi connectivity index (χ3v) is 3.89. The maximum absolute atomic E-state index is 11.9. The van der Waals surface area contributed by atoms with Crippen molar-refractivity contribution in [2.45, 2.75) is 27.7 Å². The van der Waals surface area contributed by atoms with E-state index in [1.807, 2.05) is 45.9 Å². The fourth-order valence-corrected chi connectivity index (χ4v) is 2.50. The molecule has 0 aromatic heterocycles. The summed E-state index contributed by atoms with van der Waals surface area (Å²) in [5.41, 5.74) is 5.33. The number of amides is 3. The molecule has 0 heterocycles. The number of benzene rings is 2. The van der Waals surface area contributed by atoms with Gasteiger partial charge in [-0.1, -0.05) is 12.1 Å². The summed E-state index contributed by atoms with van der Waals surface area (Å²) in [5.74, 6) is -2.07. The van der Waals surface area contributed by atoms with Gasteiger partial charge in [0.05, 0.1) is 6.54 Å². The van der Waals surface area contributed by atoms with Gasteiger partial charge in [0, 0.05) is 11.4 Å². The summed E-state index contributed by atoms with van der Waals surface area (Å²) in [6.45, 7) is 7.45. The summed E-state index contributed by atoms with van der Waals surface area (Å²) in [5, 5.41) is 7.53. The molecule has 0 saturated carbocycles. The van der Waals surface area contributed by atoms with Crippen LogP contribution in [0.4, 0.5) is 11.4 Å². The van der Waals surface area contributed by atoms with E-state index in [9.17, 15) is 14.4 Å². The first-order valence-corrected chi connectivity index (χ1v) is 8.29. The van der Waals surface area contributed by atoms with Gasteiger partial charge < -0.3 is 16.0 Å². The second-order valence-electron chi connectivity index (χ2n) is 6.36. The van der Waals surface area contributed by atoms with Crippen LogP contribution in [-0.2, 0) is 14.4 Å². The van der Waals surface area contributed by atoms with E-state index >= 15 is 0 Å². The number of hydrogen-bond acceptors (Lipinski definition) is 3. The van der Waals surface area contributed by atoms with Gasteiger partial charge in [-0.15, -0.1) is 0 Å². The zero-order valence-corrected chi connectivity index (χ0v) is 15.4. The lowest BCUT2D eigenvalue weighted by Gasteiger charge is -2.09. The van der Waals surface area contributed by atoms with Crippen LogP contribution in [0, 0.1) is 27.7 Å². The number of aryl methyl sites for hydroxylation is 4. The Morgan fingerprint density at radius 2 is 1.38 bits per heavy atom. The molecule has 2 aromatic carbocycles. The van der Waals surface area contributed by atoms with Crippen LogP contribution in [0.3, 0.4) is 0 Å². The van der Waals surface area contributed by atoms with Crippen LogP contribution in [0.25, 0.3) is 0 Å². The van der Waals surface area contributed by atoms with Crippen LogP contribution in [0.1, 0.15) is 22.3 Å². The molecule has 0 atom stereocenters. The smallest absolute Gasteiger partial charge is 0.313 e. The molecule has 6 nitrogen and oxygen atoms in total. The molecule has 0 aliphatic heterocycles. The minimum Gasteiger partial charge on any atom is -0.339 e. The van der Waals surface area contributed by atoms with Crippen molar-refractivity contribution in [3.8, 4) is 0 Å². The number of rotatable bonds is 4. The van der Waals surface area contributed by atoms with Crippen LogP contribution < -0.4 is 16.0 Å². The molecule has 0 unspecified atom stereocenters. The van der Waals surface area contributed by atoms with E-state index in [0.29, 0.717) is 11.4 Å². The van der Waals surface area contributed by atoms with E-state index in [-0.39, 0.29) is 6.54 Å². The molecule has 3 amide bonds. The summed E-state index contributed by atoms with van der Waals surface area (Å²) in [6, 6.07) is 11.0. The third-order valence-electron chi connectivity index (χ3n) is 3.89. The Hall–Kier alpha value is -3.15. The predicted molar refractivity (Wildman–Crippen MR) is 102 cm³/mol. The zero-order valence-electron chi connectivity index (χ0n) is 15.4. The molecular formula is C20H23N3O3. The Morgan fingerprint density at radius 1 is 0.731 bits per heavy atom. The van der Waals surface area contributed by atoms with Gasteiger partial charge in [-0.05, 0) is 74.2 Å². The van der Waals surface area contributed by atoms with Gasteiger partial charge in [0.1, 0.15) is 0 Å². The van der Waals surface area contributed by atoms with Crippen molar-refractivity contribution < 1.29 is 14.4 Å². The van der Waals surface area contributed by atoms with Gasteiger partial charge in [-0.25, -0.2) is 0 Å².